The molecule has 0 aliphatic heterocycles. The molecular weight excluding hydrogens is 462 g/mol. The maximum Gasteiger partial charge on any atom is 0.227 e. The van der Waals surface area contributed by atoms with E-state index in [4.69, 9.17) is 14.6 Å². The highest BCUT2D eigenvalue weighted by molar-refractivity contribution is 5.47. The third-order valence-corrected chi connectivity index (χ3v) is 6.75. The second-order valence-corrected chi connectivity index (χ2v) is 9.40. The van der Waals surface area contributed by atoms with Gasteiger partial charge in [-0.05, 0) is 56.5 Å². The molecule has 0 saturated heterocycles. The van der Waals surface area contributed by atoms with Crippen LogP contribution in [-0.2, 0) is 13.0 Å². The molecule has 37 heavy (non-hydrogen) atoms. The van der Waals surface area contributed by atoms with Gasteiger partial charge in [-0.25, -0.2) is 4.68 Å². The average molecular weight is 500 g/mol. The molecule has 0 amide bonds. The highest BCUT2D eigenvalue weighted by atomic mass is 16.5. The van der Waals surface area contributed by atoms with Crippen LogP contribution in [0.4, 0.5) is 0 Å². The fraction of sp³-hybridized carbons (Fsp3) is 0.323. The van der Waals surface area contributed by atoms with Gasteiger partial charge >= 0.3 is 0 Å². The molecule has 3 aromatic carbocycles. The third kappa shape index (κ3) is 6.59. The summed E-state index contributed by atoms with van der Waals surface area (Å²) in [5.74, 6) is 1.94. The van der Waals surface area contributed by atoms with Crippen molar-refractivity contribution < 1.29 is 14.6 Å². The number of para-hydroxylation sites is 3. The lowest BCUT2D eigenvalue weighted by atomic mass is 10.1. The van der Waals surface area contributed by atoms with Gasteiger partial charge in [-0.2, -0.15) is 5.10 Å². The first-order valence-electron chi connectivity index (χ1n) is 12.9. The number of benzene rings is 3. The maximum atomic E-state index is 11.0. The van der Waals surface area contributed by atoms with Crippen molar-refractivity contribution >= 4 is 0 Å². The van der Waals surface area contributed by atoms with E-state index in [0.717, 1.165) is 28.9 Å². The number of hydrogen-bond donors (Lipinski definition) is 1. The van der Waals surface area contributed by atoms with E-state index in [-0.39, 0.29) is 6.04 Å². The SMILES string of the molecule is CC[C@H](C)N(Cc1c(C)nn(-c2ccccc2)c1Oc1ccccc1OC)C[C@H](O)Cc1ccccc1. The van der Waals surface area contributed by atoms with Gasteiger partial charge in [0.05, 0.1) is 30.2 Å². The van der Waals surface area contributed by atoms with E-state index < -0.39 is 6.10 Å². The van der Waals surface area contributed by atoms with E-state index in [1.54, 1.807) is 7.11 Å². The number of hydrogen-bond acceptors (Lipinski definition) is 5. The number of aryl methyl sites for hydroxylation is 1. The van der Waals surface area contributed by atoms with Crippen molar-refractivity contribution in [3.05, 3.63) is 102 Å². The first-order chi connectivity index (χ1) is 18.0. The van der Waals surface area contributed by atoms with E-state index in [2.05, 4.69) is 30.9 Å². The van der Waals surface area contributed by atoms with Gasteiger partial charge in [0.1, 0.15) is 0 Å². The van der Waals surface area contributed by atoms with E-state index in [1.165, 1.54) is 0 Å². The molecule has 6 nitrogen and oxygen atoms in total. The Kier molecular flexibility index (Phi) is 8.99. The third-order valence-electron chi connectivity index (χ3n) is 6.75. The van der Waals surface area contributed by atoms with Crippen molar-refractivity contribution in [1.29, 1.82) is 0 Å². The van der Waals surface area contributed by atoms with Crippen molar-refractivity contribution in [1.82, 2.24) is 14.7 Å². The van der Waals surface area contributed by atoms with Crippen molar-refractivity contribution in [3.63, 3.8) is 0 Å². The van der Waals surface area contributed by atoms with Crippen LogP contribution in [-0.4, -0.2) is 45.6 Å². The molecule has 2 atom stereocenters. The molecule has 194 valence electrons. The minimum atomic E-state index is -0.487. The lowest BCUT2D eigenvalue weighted by Gasteiger charge is -2.30. The highest BCUT2D eigenvalue weighted by Gasteiger charge is 2.25. The molecule has 0 aliphatic rings. The summed E-state index contributed by atoms with van der Waals surface area (Å²) in [5, 5.41) is 15.9. The number of aromatic nitrogens is 2. The molecule has 0 aliphatic carbocycles. The standard InChI is InChI=1S/C31H37N3O3/c1-5-23(2)33(21-27(35)20-25-14-8-6-9-15-25)22-28-24(3)32-34(26-16-10-7-11-17-26)31(28)37-30-19-13-12-18-29(30)36-4/h6-19,23,27,35H,5,20-22H2,1-4H3/t23-,27+/m0/s1. The van der Waals surface area contributed by atoms with Gasteiger partial charge in [-0.1, -0.05) is 67.6 Å². The number of nitrogens with zero attached hydrogens (tertiary/aromatic N) is 3. The van der Waals surface area contributed by atoms with E-state index in [9.17, 15) is 5.11 Å². The highest BCUT2D eigenvalue weighted by Crippen LogP contribution is 2.36. The van der Waals surface area contributed by atoms with Gasteiger partial charge in [0, 0.05) is 19.1 Å². The van der Waals surface area contributed by atoms with Crippen LogP contribution in [0.1, 0.15) is 37.1 Å². The van der Waals surface area contributed by atoms with Crippen LogP contribution >= 0.6 is 0 Å². The van der Waals surface area contributed by atoms with Crippen molar-refractivity contribution in [2.24, 2.45) is 0 Å². The predicted molar refractivity (Wildman–Crippen MR) is 148 cm³/mol. The summed E-state index contributed by atoms with van der Waals surface area (Å²) < 4.78 is 14.0. The zero-order chi connectivity index (χ0) is 26.2. The van der Waals surface area contributed by atoms with Crippen LogP contribution < -0.4 is 9.47 Å². The van der Waals surface area contributed by atoms with E-state index in [1.807, 2.05) is 84.4 Å². The van der Waals surface area contributed by atoms with Crippen LogP contribution in [0.3, 0.4) is 0 Å². The number of methoxy groups -OCH3 is 1. The van der Waals surface area contributed by atoms with Gasteiger partial charge in [-0.15, -0.1) is 0 Å². The van der Waals surface area contributed by atoms with Crippen molar-refractivity contribution in [2.45, 2.75) is 52.3 Å². The van der Waals surface area contributed by atoms with Gasteiger partial charge in [0.25, 0.3) is 0 Å². The summed E-state index contributed by atoms with van der Waals surface area (Å²) in [6, 6.07) is 28.0. The van der Waals surface area contributed by atoms with Crippen LogP contribution in [0.15, 0.2) is 84.9 Å². The van der Waals surface area contributed by atoms with Gasteiger partial charge in [0.15, 0.2) is 11.5 Å². The smallest absolute Gasteiger partial charge is 0.227 e. The minimum Gasteiger partial charge on any atom is -0.493 e. The predicted octanol–water partition coefficient (Wildman–Crippen LogP) is 6.19. The number of aliphatic hydroxyl groups is 1. The molecule has 4 aromatic rings. The molecule has 1 aromatic heterocycles. The fourth-order valence-electron chi connectivity index (χ4n) is 4.46. The summed E-state index contributed by atoms with van der Waals surface area (Å²) in [7, 11) is 1.64. The maximum absolute atomic E-state index is 11.0. The number of ether oxygens (including phenoxy) is 2. The molecule has 1 N–H and O–H groups in total. The Morgan fingerprint density at radius 2 is 1.54 bits per heavy atom. The molecule has 6 heteroatoms. The van der Waals surface area contributed by atoms with Crippen LogP contribution in [0.25, 0.3) is 5.69 Å². The summed E-state index contributed by atoms with van der Waals surface area (Å²) in [5.41, 5.74) is 3.93. The zero-order valence-corrected chi connectivity index (χ0v) is 22.2. The average Bonchev–Trinajstić information content (AvgIpc) is 3.23. The largest absolute Gasteiger partial charge is 0.493 e. The van der Waals surface area contributed by atoms with E-state index in [0.29, 0.717) is 36.9 Å². The second kappa shape index (κ2) is 12.6. The normalized spacial score (nSPS) is 12.9. The summed E-state index contributed by atoms with van der Waals surface area (Å²) in [4.78, 5) is 2.32. The summed E-state index contributed by atoms with van der Waals surface area (Å²) in [6.45, 7) is 7.54. The van der Waals surface area contributed by atoms with Crippen LogP contribution in [0.2, 0.25) is 0 Å². The molecule has 0 bridgehead atoms. The molecule has 0 unspecified atom stereocenters. The lowest BCUT2D eigenvalue weighted by molar-refractivity contribution is 0.0843. The van der Waals surface area contributed by atoms with Crippen LogP contribution in [0.5, 0.6) is 17.4 Å². The lowest BCUT2D eigenvalue weighted by Crippen LogP contribution is -2.39. The molecule has 0 spiro atoms. The monoisotopic (exact) mass is 499 g/mol. The fourth-order valence-corrected chi connectivity index (χ4v) is 4.46. The molecule has 0 radical (unpaired) electrons. The topological polar surface area (TPSA) is 59.8 Å². The molecule has 0 fully saturated rings. The Morgan fingerprint density at radius 1 is 0.919 bits per heavy atom. The quantitative estimate of drug-likeness (QED) is 0.252. The summed E-state index contributed by atoms with van der Waals surface area (Å²) in [6.07, 6.45) is 1.09. The first-order valence-corrected chi connectivity index (χ1v) is 12.9. The Morgan fingerprint density at radius 3 is 2.19 bits per heavy atom. The Hall–Kier alpha value is -3.61. The van der Waals surface area contributed by atoms with Crippen LogP contribution in [0, 0.1) is 6.92 Å². The van der Waals surface area contributed by atoms with Crippen molar-refractivity contribution in [2.75, 3.05) is 13.7 Å². The second-order valence-electron chi connectivity index (χ2n) is 9.40. The Labute approximate surface area is 220 Å². The number of aliphatic hydroxyl groups excluding tert-OH is 1. The molecule has 1 heterocycles. The Bertz CT molecular complexity index is 1260. The van der Waals surface area contributed by atoms with Gasteiger partial charge in [-0.3, -0.25) is 4.90 Å². The van der Waals surface area contributed by atoms with Gasteiger partial charge in [0.2, 0.25) is 5.88 Å². The zero-order valence-electron chi connectivity index (χ0n) is 22.2. The number of rotatable bonds is 12. The van der Waals surface area contributed by atoms with E-state index >= 15 is 0 Å². The molecular formula is C31H37N3O3. The minimum absolute atomic E-state index is 0.268. The summed E-state index contributed by atoms with van der Waals surface area (Å²) >= 11 is 0. The van der Waals surface area contributed by atoms with Gasteiger partial charge < -0.3 is 14.6 Å². The van der Waals surface area contributed by atoms with Crippen molar-refractivity contribution in [3.8, 4) is 23.1 Å². The molecule has 0 saturated carbocycles. The first kappa shape index (κ1) is 26.5. The Balaban J connectivity index is 1.68. The molecule has 4 rings (SSSR count).